The van der Waals surface area contributed by atoms with Crippen LogP contribution in [0.15, 0.2) is 49.6 Å². The number of fused-ring (bicyclic) bond motifs is 1. The van der Waals surface area contributed by atoms with Crippen molar-refractivity contribution in [3.63, 3.8) is 0 Å². The van der Waals surface area contributed by atoms with Gasteiger partial charge in [-0.3, -0.25) is 14.4 Å². The predicted octanol–water partition coefficient (Wildman–Crippen LogP) is 2.51. The van der Waals surface area contributed by atoms with Crippen LogP contribution in [-0.4, -0.2) is 83.2 Å². The van der Waals surface area contributed by atoms with Crippen LogP contribution in [-0.2, 0) is 19.1 Å². The molecule has 3 saturated heterocycles. The van der Waals surface area contributed by atoms with Crippen molar-refractivity contribution in [2.45, 2.75) is 37.5 Å². The first-order valence-electron chi connectivity index (χ1n) is 12.2. The summed E-state index contributed by atoms with van der Waals surface area (Å²) in [7, 11) is 1.67. The number of nitrogens with zero attached hydrogens (tertiary/aromatic N) is 3. The summed E-state index contributed by atoms with van der Waals surface area (Å²) >= 11 is 6.46. The smallest absolute Gasteiger partial charge is 0.253 e. The number of para-hydroxylation sites is 1. The number of likely N-dealkylation sites (tertiary alicyclic amines) is 1. The van der Waals surface area contributed by atoms with Gasteiger partial charge in [-0.2, -0.15) is 0 Å². The number of aliphatic hydroxyl groups is 1. The van der Waals surface area contributed by atoms with Gasteiger partial charge in [-0.1, -0.05) is 42.8 Å². The maximum absolute atomic E-state index is 14.3. The van der Waals surface area contributed by atoms with E-state index in [1.807, 2.05) is 13.8 Å². The number of ether oxygens (including phenoxy) is 1. The lowest BCUT2D eigenvalue weighted by molar-refractivity contribution is -0.150. The van der Waals surface area contributed by atoms with E-state index in [1.54, 1.807) is 48.4 Å². The number of anilines is 1. The maximum atomic E-state index is 14.3. The summed E-state index contributed by atoms with van der Waals surface area (Å²) in [6.45, 7) is 11.5. The Morgan fingerprint density at radius 1 is 1.25 bits per heavy atom. The number of likely N-dealkylation sites (N-methyl/N-ethyl adjacent to an activating group) is 1. The van der Waals surface area contributed by atoms with Gasteiger partial charge in [-0.05, 0) is 31.4 Å². The normalized spacial score (nSPS) is 32.4. The molecular weight excluding hydrogens is 482 g/mol. The molecule has 0 aliphatic carbocycles. The first-order chi connectivity index (χ1) is 17.1. The van der Waals surface area contributed by atoms with Crippen molar-refractivity contribution in [2.75, 3.05) is 38.2 Å². The van der Waals surface area contributed by atoms with Crippen LogP contribution < -0.4 is 4.90 Å². The number of hydrogen-bond donors (Lipinski definition) is 1. The highest BCUT2D eigenvalue weighted by molar-refractivity contribution is 6.34. The highest BCUT2D eigenvalue weighted by Crippen LogP contribution is 2.65. The molecule has 8 nitrogen and oxygen atoms in total. The van der Waals surface area contributed by atoms with Crippen LogP contribution in [0.5, 0.6) is 0 Å². The Labute approximate surface area is 217 Å². The summed E-state index contributed by atoms with van der Waals surface area (Å²) in [4.78, 5) is 46.3. The Bertz CT molecular complexity index is 1090. The molecule has 194 valence electrons. The fraction of sp³-hybridized carbons (Fsp3) is 0.519. The Hall–Kier alpha value is -2.68. The van der Waals surface area contributed by atoms with Gasteiger partial charge < -0.3 is 24.5 Å². The maximum Gasteiger partial charge on any atom is 0.253 e. The molecule has 0 aromatic heterocycles. The average Bonchev–Trinajstić information content (AvgIpc) is 3.34. The predicted molar refractivity (Wildman–Crippen MR) is 137 cm³/mol. The molecule has 3 fully saturated rings. The van der Waals surface area contributed by atoms with E-state index in [2.05, 4.69) is 13.2 Å². The molecule has 0 radical (unpaired) electrons. The number of hydrogen-bond acceptors (Lipinski definition) is 5. The zero-order chi connectivity index (χ0) is 26.4. The van der Waals surface area contributed by atoms with Crippen molar-refractivity contribution in [1.82, 2.24) is 9.80 Å². The number of halogens is 1. The summed E-state index contributed by atoms with van der Waals surface area (Å²) in [5, 5.41) is 10.2. The zero-order valence-corrected chi connectivity index (χ0v) is 21.8. The van der Waals surface area contributed by atoms with E-state index in [-0.39, 0.29) is 43.3 Å². The quantitative estimate of drug-likeness (QED) is 0.510. The number of aliphatic hydroxyl groups excluding tert-OH is 1. The Kier molecular flexibility index (Phi) is 7.07. The molecule has 1 N–H and O–H groups in total. The second-order valence-electron chi connectivity index (χ2n) is 10.2. The van der Waals surface area contributed by atoms with Crippen molar-refractivity contribution in [3.8, 4) is 0 Å². The van der Waals surface area contributed by atoms with Crippen molar-refractivity contribution in [2.24, 2.45) is 17.8 Å². The topological polar surface area (TPSA) is 90.4 Å². The van der Waals surface area contributed by atoms with Crippen LogP contribution in [0.3, 0.4) is 0 Å². The van der Waals surface area contributed by atoms with E-state index in [4.69, 9.17) is 16.3 Å². The summed E-state index contributed by atoms with van der Waals surface area (Å²) in [5.74, 6) is -2.61. The van der Waals surface area contributed by atoms with Gasteiger partial charge in [0.05, 0.1) is 34.8 Å². The molecule has 1 aromatic carbocycles. The van der Waals surface area contributed by atoms with E-state index in [0.717, 1.165) is 0 Å². The van der Waals surface area contributed by atoms with Crippen LogP contribution in [0.4, 0.5) is 5.69 Å². The van der Waals surface area contributed by atoms with Crippen LogP contribution in [0.2, 0.25) is 5.02 Å². The van der Waals surface area contributed by atoms with Crippen molar-refractivity contribution >= 4 is 35.0 Å². The Morgan fingerprint density at radius 2 is 1.92 bits per heavy atom. The van der Waals surface area contributed by atoms with Gasteiger partial charge in [0.2, 0.25) is 11.8 Å². The third-order valence-corrected chi connectivity index (χ3v) is 8.48. The number of carbonyl (C=O) groups excluding carboxylic acids is 3. The van der Waals surface area contributed by atoms with Gasteiger partial charge in [-0.15, -0.1) is 13.2 Å². The van der Waals surface area contributed by atoms with Gasteiger partial charge in [0.1, 0.15) is 11.6 Å². The fourth-order valence-electron chi connectivity index (χ4n) is 6.52. The van der Waals surface area contributed by atoms with Crippen LogP contribution >= 0.6 is 11.6 Å². The van der Waals surface area contributed by atoms with E-state index < -0.39 is 29.1 Å². The standard InChI is InChI=1S/C27H34ClN3O5/c1-6-12-29(5)23(33)20-21-24(34)31(14-15-32)22(27(21)16-17(3)26(20,4)36-27)25(35)30(13-7-2)19-11-9-8-10-18(19)28/h6-11,17,20-22,32H,1-2,12-16H2,3-5H3/t17?,20-,21-,22?,26+,27?/m0/s1. The second kappa shape index (κ2) is 9.65. The summed E-state index contributed by atoms with van der Waals surface area (Å²) in [6.07, 6.45) is 3.67. The minimum Gasteiger partial charge on any atom is -0.395 e. The van der Waals surface area contributed by atoms with Crippen LogP contribution in [0.25, 0.3) is 0 Å². The highest BCUT2D eigenvalue weighted by atomic mass is 35.5. The van der Waals surface area contributed by atoms with E-state index in [0.29, 0.717) is 23.7 Å². The highest BCUT2D eigenvalue weighted by Gasteiger charge is 2.80. The molecule has 1 aromatic rings. The third-order valence-electron chi connectivity index (χ3n) is 8.16. The van der Waals surface area contributed by atoms with Crippen molar-refractivity contribution in [3.05, 3.63) is 54.6 Å². The van der Waals surface area contributed by atoms with Gasteiger partial charge in [0, 0.05) is 26.7 Å². The number of benzene rings is 1. The molecule has 6 atom stereocenters. The molecular formula is C27H34ClN3O5. The summed E-state index contributed by atoms with van der Waals surface area (Å²) < 4.78 is 6.70. The van der Waals surface area contributed by atoms with Crippen LogP contribution in [0, 0.1) is 17.8 Å². The summed E-state index contributed by atoms with van der Waals surface area (Å²) in [6, 6.07) is 5.96. The monoisotopic (exact) mass is 515 g/mol. The zero-order valence-electron chi connectivity index (χ0n) is 21.0. The lowest BCUT2D eigenvalue weighted by Crippen LogP contribution is -2.57. The third kappa shape index (κ3) is 3.69. The molecule has 3 aliphatic heterocycles. The molecule has 36 heavy (non-hydrogen) atoms. The lowest BCUT2D eigenvalue weighted by Gasteiger charge is -2.38. The molecule has 3 amide bonds. The number of carbonyl (C=O) groups is 3. The Morgan fingerprint density at radius 3 is 2.53 bits per heavy atom. The molecule has 3 heterocycles. The minimum absolute atomic E-state index is 0.0458. The molecule has 4 rings (SSSR count). The molecule has 9 heteroatoms. The summed E-state index contributed by atoms with van der Waals surface area (Å²) in [5.41, 5.74) is -1.62. The first-order valence-corrected chi connectivity index (χ1v) is 12.6. The molecule has 2 bridgehead atoms. The number of amides is 3. The average molecular weight is 516 g/mol. The minimum atomic E-state index is -1.20. The fourth-order valence-corrected chi connectivity index (χ4v) is 6.76. The molecule has 0 saturated carbocycles. The van der Waals surface area contributed by atoms with Gasteiger partial charge in [0.25, 0.3) is 5.91 Å². The first kappa shape index (κ1) is 26.4. The Balaban J connectivity index is 1.84. The SMILES string of the molecule is C=CCN(C)C(=O)[C@@H]1[C@H]2C(=O)N(CCO)C(C(=O)N(CC=C)c3ccccc3Cl)C23CC(C)[C@@]1(C)O3. The van der Waals surface area contributed by atoms with Gasteiger partial charge in [-0.25, -0.2) is 0 Å². The second-order valence-corrected chi connectivity index (χ2v) is 10.6. The lowest BCUT2D eigenvalue weighted by atomic mass is 9.62. The molecule has 3 unspecified atom stereocenters. The van der Waals surface area contributed by atoms with Gasteiger partial charge in [0.15, 0.2) is 0 Å². The molecule has 3 aliphatic rings. The van der Waals surface area contributed by atoms with E-state index in [1.165, 1.54) is 9.80 Å². The van der Waals surface area contributed by atoms with E-state index >= 15 is 0 Å². The van der Waals surface area contributed by atoms with Crippen molar-refractivity contribution in [1.29, 1.82) is 0 Å². The number of rotatable bonds is 9. The molecule has 1 spiro atoms. The largest absolute Gasteiger partial charge is 0.395 e. The van der Waals surface area contributed by atoms with Crippen LogP contribution in [0.1, 0.15) is 20.3 Å². The van der Waals surface area contributed by atoms with Crippen molar-refractivity contribution < 1.29 is 24.2 Å². The number of β-amino-alcohol motifs (C(OH)–C–C–N with tert-alkyl or cyclic N) is 1. The van der Waals surface area contributed by atoms with E-state index in [9.17, 15) is 19.5 Å². The van der Waals surface area contributed by atoms with Gasteiger partial charge >= 0.3 is 0 Å².